The van der Waals surface area contributed by atoms with Crippen LogP contribution in [-0.2, 0) is 9.59 Å². The number of esters is 1. The lowest BCUT2D eigenvalue weighted by Gasteiger charge is -2.04. The molecule has 0 saturated heterocycles. The number of ether oxygens (including phenoxy) is 1. The molecule has 84 valence electrons. The molecule has 0 amide bonds. The van der Waals surface area contributed by atoms with Crippen LogP contribution in [0.25, 0.3) is 0 Å². The Morgan fingerprint density at radius 3 is 2.56 bits per heavy atom. The maximum absolute atomic E-state index is 11.1. The van der Waals surface area contributed by atoms with E-state index in [4.69, 9.17) is 14.9 Å². The molecule has 0 atom stereocenters. The van der Waals surface area contributed by atoms with Crippen molar-refractivity contribution in [2.24, 2.45) is 0 Å². The minimum absolute atomic E-state index is 0.0679. The third-order valence-corrected chi connectivity index (χ3v) is 1.73. The SMILES string of the molecule is Cc1cc(O)ccc1OC(=O)/C=C/C(=O)O. The monoisotopic (exact) mass is 222 g/mol. The first-order chi connectivity index (χ1) is 7.49. The van der Waals surface area contributed by atoms with E-state index in [0.717, 1.165) is 6.08 Å². The molecule has 0 fully saturated rings. The third-order valence-electron chi connectivity index (χ3n) is 1.73. The second-order valence-electron chi connectivity index (χ2n) is 3.04. The van der Waals surface area contributed by atoms with Crippen molar-refractivity contribution in [2.75, 3.05) is 0 Å². The standard InChI is InChI=1S/C11H10O5/c1-7-6-8(12)2-3-9(7)16-11(15)5-4-10(13)14/h2-6,12H,1H3,(H,13,14)/b5-4+. The Balaban J connectivity index is 2.73. The lowest BCUT2D eigenvalue weighted by atomic mass is 10.2. The Kier molecular flexibility index (Phi) is 3.66. The molecule has 0 bridgehead atoms. The number of rotatable bonds is 3. The van der Waals surface area contributed by atoms with Crippen LogP contribution in [0.2, 0.25) is 0 Å². The first-order valence-electron chi connectivity index (χ1n) is 4.41. The molecule has 0 heterocycles. The predicted octanol–water partition coefficient (Wildman–Crippen LogP) is 1.25. The molecule has 1 aromatic carbocycles. The van der Waals surface area contributed by atoms with Gasteiger partial charge in [0, 0.05) is 12.2 Å². The van der Waals surface area contributed by atoms with Crippen molar-refractivity contribution < 1.29 is 24.5 Å². The molecule has 0 unspecified atom stereocenters. The average molecular weight is 222 g/mol. The normalized spacial score (nSPS) is 10.3. The zero-order valence-electron chi connectivity index (χ0n) is 8.51. The van der Waals surface area contributed by atoms with Gasteiger partial charge in [0.05, 0.1) is 0 Å². The molecule has 16 heavy (non-hydrogen) atoms. The number of hydrogen-bond donors (Lipinski definition) is 2. The third kappa shape index (κ3) is 3.45. The summed E-state index contributed by atoms with van der Waals surface area (Å²) in [4.78, 5) is 21.3. The predicted molar refractivity (Wildman–Crippen MR) is 55.3 cm³/mol. The summed E-state index contributed by atoms with van der Waals surface area (Å²) < 4.78 is 4.85. The number of aromatic hydroxyl groups is 1. The molecule has 0 aliphatic heterocycles. The van der Waals surface area contributed by atoms with E-state index in [1.165, 1.54) is 18.2 Å². The fourth-order valence-electron chi connectivity index (χ4n) is 1.03. The van der Waals surface area contributed by atoms with E-state index in [1.54, 1.807) is 6.92 Å². The van der Waals surface area contributed by atoms with Gasteiger partial charge in [-0.1, -0.05) is 0 Å². The van der Waals surface area contributed by atoms with Gasteiger partial charge in [-0.25, -0.2) is 9.59 Å². The molecule has 1 aromatic rings. The minimum atomic E-state index is -1.22. The summed E-state index contributed by atoms with van der Waals surface area (Å²) in [5.74, 6) is -1.66. The fraction of sp³-hybridized carbons (Fsp3) is 0.0909. The maximum atomic E-state index is 11.1. The fourth-order valence-corrected chi connectivity index (χ4v) is 1.03. The van der Waals surface area contributed by atoms with Gasteiger partial charge in [-0.15, -0.1) is 0 Å². The molecule has 0 aliphatic rings. The number of phenols is 1. The van der Waals surface area contributed by atoms with Crippen LogP contribution >= 0.6 is 0 Å². The summed E-state index contributed by atoms with van der Waals surface area (Å²) in [7, 11) is 0. The van der Waals surface area contributed by atoms with Crippen molar-refractivity contribution in [3.63, 3.8) is 0 Å². The molecule has 5 heteroatoms. The summed E-state index contributed by atoms with van der Waals surface area (Å²) in [5, 5.41) is 17.4. The van der Waals surface area contributed by atoms with E-state index in [0.29, 0.717) is 11.6 Å². The highest BCUT2D eigenvalue weighted by Crippen LogP contribution is 2.22. The lowest BCUT2D eigenvalue weighted by molar-refractivity contribution is -0.133. The highest BCUT2D eigenvalue weighted by molar-refractivity contribution is 5.91. The van der Waals surface area contributed by atoms with Crippen molar-refractivity contribution in [3.8, 4) is 11.5 Å². The first-order valence-corrected chi connectivity index (χ1v) is 4.41. The van der Waals surface area contributed by atoms with Crippen LogP contribution in [0.3, 0.4) is 0 Å². The number of benzene rings is 1. The van der Waals surface area contributed by atoms with Crippen LogP contribution in [0.1, 0.15) is 5.56 Å². The van der Waals surface area contributed by atoms with E-state index < -0.39 is 11.9 Å². The first kappa shape index (κ1) is 11.8. The van der Waals surface area contributed by atoms with Crippen LogP contribution in [-0.4, -0.2) is 22.2 Å². The van der Waals surface area contributed by atoms with E-state index in [9.17, 15) is 9.59 Å². The summed E-state index contributed by atoms with van der Waals surface area (Å²) >= 11 is 0. The smallest absolute Gasteiger partial charge is 0.336 e. The van der Waals surface area contributed by atoms with Gasteiger partial charge in [-0.2, -0.15) is 0 Å². The molecule has 5 nitrogen and oxygen atoms in total. The number of aryl methyl sites for hydroxylation is 1. The van der Waals surface area contributed by atoms with E-state index in [-0.39, 0.29) is 11.5 Å². The van der Waals surface area contributed by atoms with Crippen molar-refractivity contribution in [3.05, 3.63) is 35.9 Å². The second-order valence-corrected chi connectivity index (χ2v) is 3.04. The quantitative estimate of drug-likeness (QED) is 0.456. The van der Waals surface area contributed by atoms with Gasteiger partial charge < -0.3 is 14.9 Å². The van der Waals surface area contributed by atoms with Gasteiger partial charge >= 0.3 is 11.9 Å². The number of aliphatic carboxylic acids is 1. The van der Waals surface area contributed by atoms with Crippen LogP contribution in [0.4, 0.5) is 0 Å². The number of carboxylic acid groups (broad SMARTS) is 1. The molecule has 0 spiro atoms. The Hall–Kier alpha value is -2.30. The average Bonchev–Trinajstić information content (AvgIpc) is 2.19. The topological polar surface area (TPSA) is 83.8 Å². The summed E-state index contributed by atoms with van der Waals surface area (Å²) in [6.45, 7) is 1.66. The van der Waals surface area contributed by atoms with Gasteiger partial charge in [0.1, 0.15) is 11.5 Å². The minimum Gasteiger partial charge on any atom is -0.508 e. The van der Waals surface area contributed by atoms with Crippen LogP contribution in [0.15, 0.2) is 30.4 Å². The molecule has 2 N–H and O–H groups in total. The molecule has 0 aliphatic carbocycles. The lowest BCUT2D eigenvalue weighted by Crippen LogP contribution is -2.05. The Morgan fingerprint density at radius 1 is 1.31 bits per heavy atom. The van der Waals surface area contributed by atoms with Crippen LogP contribution in [0.5, 0.6) is 11.5 Å². The van der Waals surface area contributed by atoms with Gasteiger partial charge in [-0.3, -0.25) is 0 Å². The van der Waals surface area contributed by atoms with E-state index >= 15 is 0 Å². The highest BCUT2D eigenvalue weighted by Gasteiger charge is 2.05. The van der Waals surface area contributed by atoms with Gasteiger partial charge in [0.2, 0.25) is 0 Å². The van der Waals surface area contributed by atoms with Gasteiger partial charge in [0.15, 0.2) is 0 Å². The molecule has 0 aromatic heterocycles. The second kappa shape index (κ2) is 4.97. The van der Waals surface area contributed by atoms with Crippen LogP contribution in [0, 0.1) is 6.92 Å². The van der Waals surface area contributed by atoms with Crippen molar-refractivity contribution in [2.45, 2.75) is 6.92 Å². The van der Waals surface area contributed by atoms with E-state index in [1.807, 2.05) is 0 Å². The van der Waals surface area contributed by atoms with E-state index in [2.05, 4.69) is 0 Å². The number of carbonyl (C=O) groups excluding carboxylic acids is 1. The number of phenolic OH excluding ortho intramolecular Hbond substituents is 1. The molecular weight excluding hydrogens is 212 g/mol. The molecule has 0 radical (unpaired) electrons. The highest BCUT2D eigenvalue weighted by atomic mass is 16.5. The van der Waals surface area contributed by atoms with Crippen LogP contribution < -0.4 is 4.74 Å². The summed E-state index contributed by atoms with van der Waals surface area (Å²) in [6, 6.07) is 4.23. The van der Waals surface area contributed by atoms with Crippen molar-refractivity contribution >= 4 is 11.9 Å². The van der Waals surface area contributed by atoms with Gasteiger partial charge in [-0.05, 0) is 30.7 Å². The number of hydrogen-bond acceptors (Lipinski definition) is 4. The zero-order valence-corrected chi connectivity index (χ0v) is 8.51. The maximum Gasteiger partial charge on any atom is 0.336 e. The largest absolute Gasteiger partial charge is 0.508 e. The molecule has 0 saturated carbocycles. The molecule has 1 rings (SSSR count). The van der Waals surface area contributed by atoms with Gasteiger partial charge in [0.25, 0.3) is 0 Å². The number of carboxylic acids is 1. The van der Waals surface area contributed by atoms with Crippen molar-refractivity contribution in [1.29, 1.82) is 0 Å². The summed E-state index contributed by atoms with van der Waals surface area (Å²) in [5.41, 5.74) is 0.581. The Morgan fingerprint density at radius 2 is 2.00 bits per heavy atom. The number of carbonyl (C=O) groups is 2. The molecular formula is C11H10O5. The Labute approximate surface area is 91.6 Å². The zero-order chi connectivity index (χ0) is 12.1. The summed E-state index contributed by atoms with van der Waals surface area (Å²) in [6.07, 6.45) is 1.51. The Bertz CT molecular complexity index is 448. The van der Waals surface area contributed by atoms with Crippen molar-refractivity contribution in [1.82, 2.24) is 0 Å².